The molecule has 0 N–H and O–H groups in total. The third kappa shape index (κ3) is 2.41. The summed E-state index contributed by atoms with van der Waals surface area (Å²) in [7, 11) is 0. The first-order valence-corrected chi connectivity index (χ1v) is 7.35. The van der Waals surface area contributed by atoms with Gasteiger partial charge in [-0.05, 0) is 24.6 Å². The molecule has 0 saturated heterocycles. The number of aryl methyl sites for hydroxylation is 1. The summed E-state index contributed by atoms with van der Waals surface area (Å²) >= 11 is 12.2. The molecule has 0 saturated carbocycles. The van der Waals surface area contributed by atoms with Gasteiger partial charge in [-0.25, -0.2) is 4.98 Å². The molecule has 0 amide bonds. The molecule has 0 atom stereocenters. The van der Waals surface area contributed by atoms with E-state index in [0.717, 1.165) is 23.4 Å². The number of rotatable bonds is 3. The van der Waals surface area contributed by atoms with Crippen molar-refractivity contribution >= 4 is 34.2 Å². The lowest BCUT2D eigenvalue weighted by Gasteiger charge is -2.08. The van der Waals surface area contributed by atoms with Gasteiger partial charge in [0.15, 0.2) is 0 Å². The Balaban J connectivity index is 2.12. The van der Waals surface area contributed by atoms with Crippen molar-refractivity contribution in [1.82, 2.24) is 9.55 Å². The number of imidazole rings is 1. The monoisotopic (exact) mass is 304 g/mol. The standard InChI is InChI=1S/C16H14Cl2N2/c1-11-4-2-5-12(8-11)10-20-14-7-3-6-13(18)16(14)19-15(20)9-17/h2-8H,9-10H2,1H3. The molecule has 4 heteroatoms. The van der Waals surface area contributed by atoms with Gasteiger partial charge < -0.3 is 4.57 Å². The number of alkyl halides is 1. The zero-order chi connectivity index (χ0) is 14.1. The molecule has 2 aromatic carbocycles. The fourth-order valence-corrected chi connectivity index (χ4v) is 2.85. The normalized spacial score (nSPS) is 11.2. The lowest BCUT2D eigenvalue weighted by atomic mass is 10.1. The Kier molecular flexibility index (Phi) is 3.68. The molecule has 0 unspecified atom stereocenters. The number of nitrogens with zero attached hydrogens (tertiary/aromatic N) is 2. The van der Waals surface area contributed by atoms with E-state index < -0.39 is 0 Å². The van der Waals surface area contributed by atoms with Gasteiger partial charge in [-0.15, -0.1) is 11.6 Å². The molecule has 2 nitrogen and oxygen atoms in total. The fourth-order valence-electron chi connectivity index (χ4n) is 2.43. The summed E-state index contributed by atoms with van der Waals surface area (Å²) in [6.45, 7) is 2.84. The summed E-state index contributed by atoms with van der Waals surface area (Å²) in [5, 5.41) is 0.664. The number of fused-ring (bicyclic) bond motifs is 1. The van der Waals surface area contributed by atoms with Crippen molar-refractivity contribution in [3.8, 4) is 0 Å². The highest BCUT2D eigenvalue weighted by Gasteiger charge is 2.12. The van der Waals surface area contributed by atoms with Crippen LogP contribution in [-0.2, 0) is 12.4 Å². The SMILES string of the molecule is Cc1cccc(Cn2c(CCl)nc3c(Cl)cccc32)c1. The molecule has 0 fully saturated rings. The van der Waals surface area contributed by atoms with Gasteiger partial charge in [0, 0.05) is 6.54 Å². The van der Waals surface area contributed by atoms with Crippen LogP contribution in [0.25, 0.3) is 11.0 Å². The van der Waals surface area contributed by atoms with Crippen molar-refractivity contribution in [2.75, 3.05) is 0 Å². The summed E-state index contributed by atoms with van der Waals surface area (Å²) in [4.78, 5) is 4.55. The van der Waals surface area contributed by atoms with Crippen molar-refractivity contribution in [2.24, 2.45) is 0 Å². The topological polar surface area (TPSA) is 17.8 Å². The fraction of sp³-hybridized carbons (Fsp3) is 0.188. The highest BCUT2D eigenvalue weighted by molar-refractivity contribution is 6.35. The van der Waals surface area contributed by atoms with Crippen LogP contribution in [0.1, 0.15) is 17.0 Å². The first-order chi connectivity index (χ1) is 9.69. The highest BCUT2D eigenvalue weighted by Crippen LogP contribution is 2.25. The Hall–Kier alpha value is -1.51. The van der Waals surface area contributed by atoms with E-state index >= 15 is 0 Å². The second-order valence-corrected chi connectivity index (χ2v) is 5.52. The molecule has 3 aromatic rings. The van der Waals surface area contributed by atoms with Gasteiger partial charge in [-0.2, -0.15) is 0 Å². The molecular formula is C16H14Cl2N2. The average molecular weight is 305 g/mol. The first kappa shape index (κ1) is 13.5. The van der Waals surface area contributed by atoms with Gasteiger partial charge in [0.2, 0.25) is 0 Å². The summed E-state index contributed by atoms with van der Waals surface area (Å²) in [5.41, 5.74) is 4.32. The minimum atomic E-state index is 0.372. The number of benzene rings is 2. The van der Waals surface area contributed by atoms with Crippen LogP contribution in [-0.4, -0.2) is 9.55 Å². The van der Waals surface area contributed by atoms with E-state index in [9.17, 15) is 0 Å². The van der Waals surface area contributed by atoms with Gasteiger partial charge in [0.25, 0.3) is 0 Å². The van der Waals surface area contributed by atoms with Gasteiger partial charge in [-0.1, -0.05) is 47.5 Å². The molecule has 1 aromatic heterocycles. The van der Waals surface area contributed by atoms with Crippen molar-refractivity contribution < 1.29 is 0 Å². The van der Waals surface area contributed by atoms with Crippen LogP contribution in [0, 0.1) is 6.92 Å². The lowest BCUT2D eigenvalue weighted by Crippen LogP contribution is -2.03. The van der Waals surface area contributed by atoms with Crippen molar-refractivity contribution in [1.29, 1.82) is 0 Å². The van der Waals surface area contributed by atoms with Crippen LogP contribution in [0.4, 0.5) is 0 Å². The van der Waals surface area contributed by atoms with Crippen LogP contribution in [0.5, 0.6) is 0 Å². The van der Waals surface area contributed by atoms with Gasteiger partial charge in [-0.3, -0.25) is 0 Å². The molecule has 1 heterocycles. The van der Waals surface area contributed by atoms with Crippen LogP contribution in [0.2, 0.25) is 5.02 Å². The first-order valence-electron chi connectivity index (χ1n) is 6.44. The third-order valence-corrected chi connectivity index (χ3v) is 3.90. The predicted molar refractivity (Wildman–Crippen MR) is 84.6 cm³/mol. The van der Waals surface area contributed by atoms with Crippen molar-refractivity contribution in [3.63, 3.8) is 0 Å². The molecule has 0 aliphatic rings. The number of hydrogen-bond acceptors (Lipinski definition) is 1. The maximum Gasteiger partial charge on any atom is 0.125 e. The summed E-state index contributed by atoms with van der Waals surface area (Å²) in [6, 6.07) is 14.3. The van der Waals surface area contributed by atoms with Gasteiger partial charge >= 0.3 is 0 Å². The molecule has 20 heavy (non-hydrogen) atoms. The van der Waals surface area contributed by atoms with E-state index in [1.165, 1.54) is 11.1 Å². The average Bonchev–Trinajstić information content (AvgIpc) is 2.79. The lowest BCUT2D eigenvalue weighted by molar-refractivity contribution is 0.778. The molecule has 0 aliphatic heterocycles. The Morgan fingerprint density at radius 3 is 2.70 bits per heavy atom. The van der Waals surface area contributed by atoms with Gasteiger partial charge in [0.05, 0.1) is 16.4 Å². The second kappa shape index (κ2) is 5.47. The largest absolute Gasteiger partial charge is 0.322 e. The smallest absolute Gasteiger partial charge is 0.125 e. The third-order valence-electron chi connectivity index (χ3n) is 3.35. The predicted octanol–water partition coefficient (Wildman–Crippen LogP) is 4.79. The number of hydrogen-bond donors (Lipinski definition) is 0. The summed E-state index contributed by atoms with van der Waals surface area (Å²) < 4.78 is 2.13. The van der Waals surface area contributed by atoms with E-state index in [1.54, 1.807) is 0 Å². The van der Waals surface area contributed by atoms with E-state index in [1.807, 2.05) is 18.2 Å². The van der Waals surface area contributed by atoms with Crippen LogP contribution in [0.15, 0.2) is 42.5 Å². The Morgan fingerprint density at radius 1 is 1.15 bits per heavy atom. The number of para-hydroxylation sites is 1. The molecule has 0 aliphatic carbocycles. The number of aromatic nitrogens is 2. The Labute approximate surface area is 128 Å². The zero-order valence-electron chi connectivity index (χ0n) is 11.1. The van der Waals surface area contributed by atoms with Crippen LogP contribution >= 0.6 is 23.2 Å². The van der Waals surface area contributed by atoms with E-state index in [-0.39, 0.29) is 0 Å². The van der Waals surface area contributed by atoms with E-state index in [0.29, 0.717) is 10.9 Å². The molecule has 0 bridgehead atoms. The molecule has 0 spiro atoms. The summed E-state index contributed by atoms with van der Waals surface area (Å²) in [5.74, 6) is 1.22. The van der Waals surface area contributed by atoms with E-state index in [2.05, 4.69) is 40.7 Å². The Morgan fingerprint density at radius 2 is 1.95 bits per heavy atom. The van der Waals surface area contributed by atoms with Gasteiger partial charge in [0.1, 0.15) is 11.3 Å². The molecular weight excluding hydrogens is 291 g/mol. The van der Waals surface area contributed by atoms with E-state index in [4.69, 9.17) is 23.2 Å². The minimum absolute atomic E-state index is 0.372. The van der Waals surface area contributed by atoms with Crippen molar-refractivity contribution in [2.45, 2.75) is 19.3 Å². The maximum absolute atomic E-state index is 6.21. The highest BCUT2D eigenvalue weighted by atomic mass is 35.5. The van der Waals surface area contributed by atoms with Crippen LogP contribution < -0.4 is 0 Å². The summed E-state index contributed by atoms with van der Waals surface area (Å²) in [6.07, 6.45) is 0. The second-order valence-electron chi connectivity index (χ2n) is 4.84. The molecule has 0 radical (unpaired) electrons. The Bertz CT molecular complexity index is 762. The number of halogens is 2. The van der Waals surface area contributed by atoms with Crippen molar-refractivity contribution in [3.05, 3.63) is 64.4 Å². The molecule has 102 valence electrons. The zero-order valence-corrected chi connectivity index (χ0v) is 12.6. The minimum Gasteiger partial charge on any atom is -0.322 e. The maximum atomic E-state index is 6.21. The molecule has 3 rings (SSSR count). The van der Waals surface area contributed by atoms with Crippen LogP contribution in [0.3, 0.4) is 0 Å². The quantitative estimate of drug-likeness (QED) is 0.636.